The molecule has 0 aliphatic rings. The molecule has 98 valence electrons. The monoisotopic (exact) mass is 257 g/mol. The summed E-state index contributed by atoms with van der Waals surface area (Å²) in [6, 6.07) is 2.72. The smallest absolute Gasteiger partial charge is 0.0597 e. The highest BCUT2D eigenvalue weighted by molar-refractivity contribution is 6.17. The second kappa shape index (κ2) is 7.02. The Morgan fingerprint density at radius 3 is 2.71 bits per heavy atom. The van der Waals surface area contributed by atoms with Gasteiger partial charge in [0.25, 0.3) is 0 Å². The van der Waals surface area contributed by atoms with Crippen LogP contribution in [-0.2, 0) is 13.1 Å². The zero-order valence-corrected chi connectivity index (χ0v) is 12.2. The molecule has 0 unspecified atom stereocenters. The summed E-state index contributed by atoms with van der Waals surface area (Å²) in [4.78, 5) is 2.45. The zero-order chi connectivity index (χ0) is 12.8. The van der Waals surface area contributed by atoms with Crippen LogP contribution in [-0.4, -0.2) is 33.1 Å². The molecule has 0 spiro atoms. The number of hydrogen-bond acceptors (Lipinski definition) is 2. The first kappa shape index (κ1) is 14.5. The van der Waals surface area contributed by atoms with Crippen LogP contribution in [0.3, 0.4) is 0 Å². The molecule has 0 saturated heterocycles. The third-order valence-corrected chi connectivity index (χ3v) is 3.23. The molecule has 0 radical (unpaired) electrons. The maximum atomic E-state index is 5.77. The molecule has 1 aromatic heterocycles. The van der Waals surface area contributed by atoms with Gasteiger partial charge >= 0.3 is 0 Å². The van der Waals surface area contributed by atoms with E-state index in [9.17, 15) is 0 Å². The van der Waals surface area contributed by atoms with Crippen molar-refractivity contribution in [3.63, 3.8) is 0 Å². The van der Waals surface area contributed by atoms with Gasteiger partial charge in [-0.15, -0.1) is 11.6 Å². The van der Waals surface area contributed by atoms with Crippen LogP contribution < -0.4 is 0 Å². The first-order valence-electron chi connectivity index (χ1n) is 6.41. The number of aromatic nitrogens is 2. The molecule has 1 aromatic rings. The second-order valence-corrected chi connectivity index (χ2v) is 5.08. The van der Waals surface area contributed by atoms with Crippen LogP contribution in [0.1, 0.15) is 38.6 Å². The van der Waals surface area contributed by atoms with Crippen LogP contribution in [0, 0.1) is 6.92 Å². The lowest BCUT2D eigenvalue weighted by atomic mass is 10.2. The fraction of sp³-hybridized carbons (Fsp3) is 0.769. The van der Waals surface area contributed by atoms with Crippen LogP contribution in [0.2, 0.25) is 0 Å². The predicted molar refractivity (Wildman–Crippen MR) is 73.5 cm³/mol. The van der Waals surface area contributed by atoms with E-state index in [1.807, 2.05) is 6.92 Å². The number of halogens is 1. The Morgan fingerprint density at radius 1 is 1.47 bits per heavy atom. The average molecular weight is 258 g/mol. The topological polar surface area (TPSA) is 21.1 Å². The van der Waals surface area contributed by atoms with E-state index in [1.165, 1.54) is 5.69 Å². The SMILES string of the molecule is CCn1nc(C)cc1CN(CCCCl)C(C)C. The van der Waals surface area contributed by atoms with E-state index in [2.05, 4.69) is 41.5 Å². The highest BCUT2D eigenvalue weighted by Gasteiger charge is 2.13. The van der Waals surface area contributed by atoms with Crippen molar-refractivity contribution in [3.05, 3.63) is 17.5 Å². The molecule has 0 amide bonds. The first-order chi connectivity index (χ1) is 8.08. The summed E-state index contributed by atoms with van der Waals surface area (Å²) in [5.41, 5.74) is 2.40. The molecule has 0 aromatic carbocycles. The number of rotatable bonds is 7. The molecule has 0 bridgehead atoms. The van der Waals surface area contributed by atoms with Gasteiger partial charge in [0.05, 0.1) is 11.4 Å². The van der Waals surface area contributed by atoms with Crippen molar-refractivity contribution in [3.8, 4) is 0 Å². The van der Waals surface area contributed by atoms with Gasteiger partial charge in [-0.1, -0.05) is 0 Å². The standard InChI is InChI=1S/C13H24ClN3/c1-5-17-13(9-12(4)15-17)10-16(11(2)3)8-6-7-14/h9,11H,5-8,10H2,1-4H3. The van der Waals surface area contributed by atoms with E-state index >= 15 is 0 Å². The van der Waals surface area contributed by atoms with Crippen molar-refractivity contribution in [1.82, 2.24) is 14.7 Å². The Morgan fingerprint density at radius 2 is 2.18 bits per heavy atom. The maximum Gasteiger partial charge on any atom is 0.0597 e. The van der Waals surface area contributed by atoms with Crippen molar-refractivity contribution >= 4 is 11.6 Å². The molecule has 3 nitrogen and oxygen atoms in total. The Kier molecular flexibility index (Phi) is 6.00. The number of nitrogens with zero attached hydrogens (tertiary/aromatic N) is 3. The van der Waals surface area contributed by atoms with Gasteiger partial charge in [-0.2, -0.15) is 5.10 Å². The van der Waals surface area contributed by atoms with Gasteiger partial charge in [-0.25, -0.2) is 0 Å². The van der Waals surface area contributed by atoms with Gasteiger partial charge in [-0.05, 0) is 46.7 Å². The minimum atomic E-state index is 0.540. The number of hydrogen-bond donors (Lipinski definition) is 0. The summed E-state index contributed by atoms with van der Waals surface area (Å²) in [7, 11) is 0. The van der Waals surface area contributed by atoms with Crippen molar-refractivity contribution in [2.45, 2.75) is 53.2 Å². The van der Waals surface area contributed by atoms with E-state index in [4.69, 9.17) is 11.6 Å². The fourth-order valence-corrected chi connectivity index (χ4v) is 2.11. The predicted octanol–water partition coefficient (Wildman–Crippen LogP) is 3.05. The summed E-state index contributed by atoms with van der Waals surface area (Å²) < 4.78 is 2.09. The third kappa shape index (κ3) is 4.32. The molecule has 17 heavy (non-hydrogen) atoms. The molecular weight excluding hydrogens is 234 g/mol. The lowest BCUT2D eigenvalue weighted by Crippen LogP contribution is -2.32. The summed E-state index contributed by atoms with van der Waals surface area (Å²) in [5, 5.41) is 4.49. The van der Waals surface area contributed by atoms with Crippen molar-refractivity contribution in [2.24, 2.45) is 0 Å². The van der Waals surface area contributed by atoms with Gasteiger partial charge in [0.15, 0.2) is 0 Å². The first-order valence-corrected chi connectivity index (χ1v) is 6.95. The molecular formula is C13H24ClN3. The van der Waals surface area contributed by atoms with Gasteiger partial charge in [-0.3, -0.25) is 9.58 Å². The lowest BCUT2D eigenvalue weighted by molar-refractivity contribution is 0.207. The minimum Gasteiger partial charge on any atom is -0.295 e. The number of alkyl halides is 1. The molecule has 4 heteroatoms. The fourth-order valence-electron chi connectivity index (χ4n) is 1.99. The highest BCUT2D eigenvalue weighted by Crippen LogP contribution is 2.11. The van der Waals surface area contributed by atoms with Crippen LogP contribution in [0.25, 0.3) is 0 Å². The third-order valence-electron chi connectivity index (χ3n) is 2.96. The summed E-state index contributed by atoms with van der Waals surface area (Å²) >= 11 is 5.77. The zero-order valence-electron chi connectivity index (χ0n) is 11.4. The molecule has 1 heterocycles. The van der Waals surface area contributed by atoms with Crippen LogP contribution in [0.15, 0.2) is 6.07 Å². The Bertz CT molecular complexity index is 333. The van der Waals surface area contributed by atoms with Crippen molar-refractivity contribution < 1.29 is 0 Å². The highest BCUT2D eigenvalue weighted by atomic mass is 35.5. The molecule has 0 aliphatic heterocycles. The van der Waals surface area contributed by atoms with Crippen molar-refractivity contribution in [2.75, 3.05) is 12.4 Å². The van der Waals surface area contributed by atoms with Crippen molar-refractivity contribution in [1.29, 1.82) is 0 Å². The normalized spacial score (nSPS) is 11.7. The Labute approximate surface area is 110 Å². The van der Waals surface area contributed by atoms with Gasteiger partial charge in [0, 0.05) is 25.0 Å². The van der Waals surface area contributed by atoms with Gasteiger partial charge in [0.1, 0.15) is 0 Å². The largest absolute Gasteiger partial charge is 0.295 e. The van der Waals surface area contributed by atoms with Crippen LogP contribution >= 0.6 is 11.6 Å². The van der Waals surface area contributed by atoms with Gasteiger partial charge in [0.2, 0.25) is 0 Å². The molecule has 0 saturated carbocycles. The molecule has 1 rings (SSSR count). The Hall–Kier alpha value is -0.540. The maximum absolute atomic E-state index is 5.77. The minimum absolute atomic E-state index is 0.540. The quantitative estimate of drug-likeness (QED) is 0.700. The Balaban J connectivity index is 2.70. The van der Waals surface area contributed by atoms with E-state index in [1.54, 1.807) is 0 Å². The molecule has 0 N–H and O–H groups in total. The summed E-state index contributed by atoms with van der Waals surface area (Å²) in [6.45, 7) is 11.6. The number of aryl methyl sites for hydroxylation is 2. The molecule has 0 aliphatic carbocycles. The van der Waals surface area contributed by atoms with E-state index in [0.29, 0.717) is 6.04 Å². The molecule has 0 fully saturated rings. The molecule has 0 atom stereocenters. The average Bonchev–Trinajstić information content (AvgIpc) is 2.64. The van der Waals surface area contributed by atoms with E-state index in [-0.39, 0.29) is 0 Å². The summed E-state index contributed by atoms with van der Waals surface area (Å²) in [6.07, 6.45) is 1.04. The van der Waals surface area contributed by atoms with E-state index < -0.39 is 0 Å². The van der Waals surface area contributed by atoms with Gasteiger partial charge < -0.3 is 0 Å². The lowest BCUT2D eigenvalue weighted by Gasteiger charge is -2.26. The summed E-state index contributed by atoms with van der Waals surface area (Å²) in [5.74, 6) is 0.731. The van der Waals surface area contributed by atoms with Crippen LogP contribution in [0.5, 0.6) is 0 Å². The van der Waals surface area contributed by atoms with Crippen LogP contribution in [0.4, 0.5) is 0 Å². The van der Waals surface area contributed by atoms with E-state index in [0.717, 1.165) is 37.6 Å². The second-order valence-electron chi connectivity index (χ2n) is 4.70.